The Morgan fingerprint density at radius 3 is 2.19 bits per heavy atom. The Hall–Kier alpha value is -0.570. The van der Waals surface area contributed by atoms with E-state index >= 15 is 0 Å². The molecule has 0 spiro atoms. The lowest BCUT2D eigenvalue weighted by atomic mass is 9.87. The molecule has 0 saturated carbocycles. The molecule has 0 aromatic rings. The molecule has 0 saturated heterocycles. The summed E-state index contributed by atoms with van der Waals surface area (Å²) in [6.07, 6.45) is 3.45. The van der Waals surface area contributed by atoms with Gasteiger partial charge in [-0.15, -0.1) is 0 Å². The van der Waals surface area contributed by atoms with E-state index < -0.39 is 11.0 Å². The smallest absolute Gasteiger partial charge is 0.311 e. The van der Waals surface area contributed by atoms with E-state index in [0.717, 1.165) is 19.3 Å². The van der Waals surface area contributed by atoms with Crippen LogP contribution in [0, 0.1) is 5.41 Å². The molecule has 1 N–H and O–H groups in total. The average molecular weight is 230 g/mol. The Kier molecular flexibility index (Phi) is 6.01. The third kappa shape index (κ3) is 6.83. The quantitative estimate of drug-likeness (QED) is 0.684. The van der Waals surface area contributed by atoms with Gasteiger partial charge in [-0.1, -0.05) is 19.8 Å². The number of carbonyl (C=O) groups excluding carboxylic acids is 1. The first-order valence-corrected chi connectivity index (χ1v) is 6.08. The van der Waals surface area contributed by atoms with Crippen LogP contribution in [0.5, 0.6) is 0 Å². The zero-order chi connectivity index (χ0) is 12.8. The summed E-state index contributed by atoms with van der Waals surface area (Å²) in [5, 5.41) is 9.48. The maximum atomic E-state index is 11.8. The van der Waals surface area contributed by atoms with Gasteiger partial charge in [0.15, 0.2) is 0 Å². The lowest BCUT2D eigenvalue weighted by Gasteiger charge is -2.23. The van der Waals surface area contributed by atoms with Crippen LogP contribution in [0.4, 0.5) is 0 Å². The normalized spacial score (nSPS) is 12.6. The fourth-order valence-electron chi connectivity index (χ4n) is 1.31. The first-order chi connectivity index (χ1) is 7.19. The molecule has 0 amide bonds. The Labute approximate surface area is 99.2 Å². The predicted octanol–water partition coefficient (Wildman–Crippen LogP) is 2.91. The maximum absolute atomic E-state index is 11.8. The standard InChI is InChI=1S/C13H26O3/c1-6-7-8-12(2,3)11(14)16-10-9-13(4,5)15/h15H,6-10H2,1-5H3. The molecule has 0 aliphatic rings. The van der Waals surface area contributed by atoms with Crippen LogP contribution in [0.25, 0.3) is 0 Å². The third-order valence-electron chi connectivity index (χ3n) is 2.65. The lowest BCUT2D eigenvalue weighted by Crippen LogP contribution is -2.29. The second kappa shape index (κ2) is 6.24. The summed E-state index contributed by atoms with van der Waals surface area (Å²) in [4.78, 5) is 11.8. The van der Waals surface area contributed by atoms with Gasteiger partial charge in [0.05, 0.1) is 17.6 Å². The molecule has 0 fully saturated rings. The Morgan fingerprint density at radius 2 is 1.75 bits per heavy atom. The van der Waals surface area contributed by atoms with E-state index in [1.807, 2.05) is 13.8 Å². The molecule has 0 aromatic carbocycles. The van der Waals surface area contributed by atoms with Crippen molar-refractivity contribution in [2.75, 3.05) is 6.61 Å². The van der Waals surface area contributed by atoms with E-state index in [1.54, 1.807) is 13.8 Å². The van der Waals surface area contributed by atoms with Gasteiger partial charge in [-0.2, -0.15) is 0 Å². The van der Waals surface area contributed by atoms with Crippen molar-refractivity contribution < 1.29 is 14.6 Å². The molecule has 0 aliphatic carbocycles. The van der Waals surface area contributed by atoms with Gasteiger partial charge in [-0.25, -0.2) is 0 Å². The summed E-state index contributed by atoms with van der Waals surface area (Å²) in [6, 6.07) is 0. The third-order valence-corrected chi connectivity index (χ3v) is 2.65. The molecule has 0 aliphatic heterocycles. The van der Waals surface area contributed by atoms with Gasteiger partial charge in [0, 0.05) is 6.42 Å². The van der Waals surface area contributed by atoms with Crippen molar-refractivity contribution in [3.8, 4) is 0 Å². The Balaban J connectivity index is 3.95. The number of aliphatic hydroxyl groups is 1. The highest BCUT2D eigenvalue weighted by Gasteiger charge is 2.28. The molecule has 16 heavy (non-hydrogen) atoms. The predicted molar refractivity (Wildman–Crippen MR) is 65.2 cm³/mol. The minimum absolute atomic E-state index is 0.162. The van der Waals surface area contributed by atoms with Crippen LogP contribution >= 0.6 is 0 Å². The minimum Gasteiger partial charge on any atom is -0.465 e. The van der Waals surface area contributed by atoms with Crippen molar-refractivity contribution in [2.24, 2.45) is 5.41 Å². The number of esters is 1. The number of rotatable bonds is 7. The Morgan fingerprint density at radius 1 is 1.19 bits per heavy atom. The molecule has 0 bridgehead atoms. The number of hydrogen-bond donors (Lipinski definition) is 1. The van der Waals surface area contributed by atoms with Gasteiger partial charge >= 0.3 is 5.97 Å². The van der Waals surface area contributed by atoms with E-state index in [0.29, 0.717) is 6.42 Å². The molecule has 0 aromatic heterocycles. The first kappa shape index (κ1) is 15.4. The highest BCUT2D eigenvalue weighted by Crippen LogP contribution is 2.25. The highest BCUT2D eigenvalue weighted by atomic mass is 16.5. The summed E-state index contributed by atoms with van der Waals surface area (Å²) < 4.78 is 5.18. The fourth-order valence-corrected chi connectivity index (χ4v) is 1.31. The van der Waals surface area contributed by atoms with Crippen molar-refractivity contribution in [3.05, 3.63) is 0 Å². The molecular weight excluding hydrogens is 204 g/mol. The highest BCUT2D eigenvalue weighted by molar-refractivity contribution is 5.75. The number of unbranched alkanes of at least 4 members (excludes halogenated alkanes) is 1. The van der Waals surface area contributed by atoms with E-state index in [1.165, 1.54) is 0 Å². The summed E-state index contributed by atoms with van der Waals surface area (Å²) in [5.41, 5.74) is -1.18. The van der Waals surface area contributed by atoms with Crippen LogP contribution in [0.3, 0.4) is 0 Å². The van der Waals surface area contributed by atoms with Crippen molar-refractivity contribution in [1.82, 2.24) is 0 Å². The molecule has 0 heterocycles. The molecule has 96 valence electrons. The second-order valence-corrected chi connectivity index (χ2v) is 5.69. The van der Waals surface area contributed by atoms with Gasteiger partial charge < -0.3 is 9.84 Å². The van der Waals surface area contributed by atoms with Gasteiger partial charge in [0.25, 0.3) is 0 Å². The van der Waals surface area contributed by atoms with E-state index in [9.17, 15) is 9.90 Å². The van der Waals surface area contributed by atoms with E-state index in [4.69, 9.17) is 4.74 Å². The van der Waals surface area contributed by atoms with Crippen molar-refractivity contribution >= 4 is 5.97 Å². The molecule has 0 unspecified atom stereocenters. The lowest BCUT2D eigenvalue weighted by molar-refractivity contribution is -0.155. The van der Waals surface area contributed by atoms with Crippen LogP contribution in [0.2, 0.25) is 0 Å². The van der Waals surface area contributed by atoms with Gasteiger partial charge in [-0.05, 0) is 34.1 Å². The van der Waals surface area contributed by atoms with Gasteiger partial charge in [0.1, 0.15) is 0 Å². The van der Waals surface area contributed by atoms with Crippen molar-refractivity contribution in [1.29, 1.82) is 0 Å². The van der Waals surface area contributed by atoms with E-state index in [2.05, 4.69) is 6.92 Å². The summed E-state index contributed by atoms with van der Waals surface area (Å²) in [7, 11) is 0. The number of hydrogen-bond acceptors (Lipinski definition) is 3. The van der Waals surface area contributed by atoms with Gasteiger partial charge in [-0.3, -0.25) is 4.79 Å². The molecule has 3 heteroatoms. The summed E-state index contributed by atoms with van der Waals surface area (Å²) >= 11 is 0. The largest absolute Gasteiger partial charge is 0.465 e. The second-order valence-electron chi connectivity index (χ2n) is 5.69. The fraction of sp³-hybridized carbons (Fsp3) is 0.923. The average Bonchev–Trinajstić information content (AvgIpc) is 2.12. The molecule has 3 nitrogen and oxygen atoms in total. The van der Waals surface area contributed by atoms with Crippen molar-refractivity contribution in [3.63, 3.8) is 0 Å². The van der Waals surface area contributed by atoms with Crippen LogP contribution in [-0.4, -0.2) is 23.3 Å². The topological polar surface area (TPSA) is 46.5 Å². The van der Waals surface area contributed by atoms with E-state index in [-0.39, 0.29) is 12.6 Å². The number of carbonyl (C=O) groups is 1. The zero-order valence-corrected chi connectivity index (χ0v) is 11.3. The maximum Gasteiger partial charge on any atom is 0.311 e. The van der Waals surface area contributed by atoms with Crippen molar-refractivity contribution in [2.45, 2.75) is 65.9 Å². The van der Waals surface area contributed by atoms with Gasteiger partial charge in [0.2, 0.25) is 0 Å². The molecule has 0 atom stereocenters. The molecular formula is C13H26O3. The minimum atomic E-state index is -0.770. The van der Waals surface area contributed by atoms with Crippen LogP contribution in [0.1, 0.15) is 60.3 Å². The monoisotopic (exact) mass is 230 g/mol. The summed E-state index contributed by atoms with van der Waals surface area (Å²) in [5.74, 6) is -0.162. The first-order valence-electron chi connectivity index (χ1n) is 6.08. The van der Waals surface area contributed by atoms with Crippen LogP contribution in [0.15, 0.2) is 0 Å². The van der Waals surface area contributed by atoms with Crippen LogP contribution in [-0.2, 0) is 9.53 Å². The SMILES string of the molecule is CCCCC(C)(C)C(=O)OCCC(C)(C)O. The van der Waals surface area contributed by atoms with Crippen LogP contribution < -0.4 is 0 Å². The Bertz CT molecular complexity index is 214. The number of ether oxygens (including phenoxy) is 1. The molecule has 0 rings (SSSR count). The zero-order valence-electron chi connectivity index (χ0n) is 11.3. The molecule has 0 radical (unpaired) electrons. The summed E-state index contributed by atoms with van der Waals surface area (Å²) in [6.45, 7) is 9.64.